The number of rotatable bonds is 2. The van der Waals surface area contributed by atoms with E-state index in [0.29, 0.717) is 10.5 Å². The SMILES string of the molecule is Cc1cc(S(C)(=O)=O)c(C2CCNCC2)cc1O. The van der Waals surface area contributed by atoms with Gasteiger partial charge in [-0.1, -0.05) is 0 Å². The van der Waals surface area contributed by atoms with Gasteiger partial charge in [0.1, 0.15) is 5.75 Å². The summed E-state index contributed by atoms with van der Waals surface area (Å²) in [6, 6.07) is 3.21. The maximum absolute atomic E-state index is 11.9. The zero-order chi connectivity index (χ0) is 13.3. The molecule has 1 aliphatic heterocycles. The molecule has 0 amide bonds. The van der Waals surface area contributed by atoms with E-state index in [1.165, 1.54) is 6.26 Å². The van der Waals surface area contributed by atoms with Crippen molar-refractivity contribution < 1.29 is 13.5 Å². The number of phenols is 1. The Morgan fingerprint density at radius 2 is 1.89 bits per heavy atom. The van der Waals surface area contributed by atoms with Gasteiger partial charge >= 0.3 is 0 Å². The minimum Gasteiger partial charge on any atom is -0.508 e. The second-order valence-electron chi connectivity index (χ2n) is 4.97. The zero-order valence-corrected chi connectivity index (χ0v) is 11.5. The number of hydrogen-bond donors (Lipinski definition) is 2. The van der Waals surface area contributed by atoms with E-state index in [1.54, 1.807) is 19.1 Å². The van der Waals surface area contributed by atoms with E-state index < -0.39 is 9.84 Å². The largest absolute Gasteiger partial charge is 0.508 e. The molecule has 0 spiro atoms. The summed E-state index contributed by atoms with van der Waals surface area (Å²) in [6.07, 6.45) is 3.04. The Labute approximate surface area is 108 Å². The number of phenolic OH excluding ortho intramolecular Hbond substituents is 1. The van der Waals surface area contributed by atoms with Crippen LogP contribution in [0.4, 0.5) is 0 Å². The van der Waals surface area contributed by atoms with Crippen LogP contribution in [0.1, 0.15) is 29.9 Å². The summed E-state index contributed by atoms with van der Waals surface area (Å²) in [7, 11) is -3.25. The molecule has 1 saturated heterocycles. The molecule has 0 saturated carbocycles. The smallest absolute Gasteiger partial charge is 0.175 e. The molecule has 2 N–H and O–H groups in total. The number of piperidine rings is 1. The molecule has 18 heavy (non-hydrogen) atoms. The van der Waals surface area contributed by atoms with Crippen molar-refractivity contribution in [3.8, 4) is 5.75 Å². The number of hydrogen-bond acceptors (Lipinski definition) is 4. The van der Waals surface area contributed by atoms with E-state index in [-0.39, 0.29) is 11.7 Å². The van der Waals surface area contributed by atoms with Crippen LogP contribution in [0.3, 0.4) is 0 Å². The molecule has 100 valence electrons. The van der Waals surface area contributed by atoms with Crippen LogP contribution in [0, 0.1) is 6.92 Å². The van der Waals surface area contributed by atoms with Crippen LogP contribution in [0.2, 0.25) is 0 Å². The molecule has 1 aromatic rings. The molecule has 0 unspecified atom stereocenters. The summed E-state index contributed by atoms with van der Waals surface area (Å²) in [4.78, 5) is 0.365. The standard InChI is InChI=1S/C13H19NO3S/c1-9-7-13(18(2,16)17)11(8-12(9)15)10-3-5-14-6-4-10/h7-8,10,14-15H,3-6H2,1-2H3. The molecule has 5 heteroatoms. The average molecular weight is 269 g/mol. The van der Waals surface area contributed by atoms with Crippen LogP contribution in [0.25, 0.3) is 0 Å². The molecule has 1 aliphatic rings. The minimum atomic E-state index is -3.25. The minimum absolute atomic E-state index is 0.177. The van der Waals surface area contributed by atoms with Crippen LogP contribution in [0.5, 0.6) is 5.75 Å². The molecule has 1 fully saturated rings. The third-order valence-corrected chi connectivity index (χ3v) is 4.66. The van der Waals surface area contributed by atoms with E-state index in [2.05, 4.69) is 5.32 Å². The highest BCUT2D eigenvalue weighted by Crippen LogP contribution is 2.34. The maximum Gasteiger partial charge on any atom is 0.175 e. The van der Waals surface area contributed by atoms with Crippen molar-refractivity contribution >= 4 is 9.84 Å². The van der Waals surface area contributed by atoms with Gasteiger partial charge in [-0.25, -0.2) is 8.42 Å². The first-order valence-electron chi connectivity index (χ1n) is 6.14. The summed E-state index contributed by atoms with van der Waals surface area (Å²) < 4.78 is 23.7. The van der Waals surface area contributed by atoms with Gasteiger partial charge in [-0.05, 0) is 62.0 Å². The molecular formula is C13H19NO3S. The Morgan fingerprint density at radius 1 is 1.28 bits per heavy atom. The second kappa shape index (κ2) is 4.90. The van der Waals surface area contributed by atoms with Gasteiger partial charge in [0.25, 0.3) is 0 Å². The molecule has 4 nitrogen and oxygen atoms in total. The Hall–Kier alpha value is -1.07. The van der Waals surface area contributed by atoms with Gasteiger partial charge in [0.2, 0.25) is 0 Å². The van der Waals surface area contributed by atoms with Crippen LogP contribution >= 0.6 is 0 Å². The number of aryl methyl sites for hydroxylation is 1. The lowest BCUT2D eigenvalue weighted by Crippen LogP contribution is -2.27. The van der Waals surface area contributed by atoms with Gasteiger partial charge in [0, 0.05) is 6.26 Å². The van der Waals surface area contributed by atoms with E-state index in [9.17, 15) is 13.5 Å². The average Bonchev–Trinajstić information content (AvgIpc) is 2.32. The molecule has 0 bridgehead atoms. The van der Waals surface area contributed by atoms with Gasteiger partial charge in [0.15, 0.2) is 9.84 Å². The highest BCUT2D eigenvalue weighted by molar-refractivity contribution is 7.90. The van der Waals surface area contributed by atoms with Crippen molar-refractivity contribution in [2.45, 2.75) is 30.6 Å². The van der Waals surface area contributed by atoms with Crippen molar-refractivity contribution in [3.63, 3.8) is 0 Å². The first-order chi connectivity index (χ1) is 8.39. The normalized spacial score (nSPS) is 17.9. The molecule has 2 rings (SSSR count). The molecule has 1 aromatic carbocycles. The molecule has 0 aliphatic carbocycles. The third kappa shape index (κ3) is 2.67. The first-order valence-corrected chi connectivity index (χ1v) is 8.03. The molecule has 0 aromatic heterocycles. The Kier molecular flexibility index (Phi) is 3.64. The summed E-state index contributed by atoms with van der Waals surface area (Å²) in [6.45, 7) is 3.50. The zero-order valence-electron chi connectivity index (χ0n) is 10.7. The lowest BCUT2D eigenvalue weighted by Gasteiger charge is -2.25. The summed E-state index contributed by atoms with van der Waals surface area (Å²) >= 11 is 0. The monoisotopic (exact) mass is 269 g/mol. The topological polar surface area (TPSA) is 66.4 Å². The fourth-order valence-corrected chi connectivity index (χ4v) is 3.50. The van der Waals surface area contributed by atoms with Crippen molar-refractivity contribution in [1.82, 2.24) is 5.32 Å². The van der Waals surface area contributed by atoms with Crippen molar-refractivity contribution in [2.24, 2.45) is 0 Å². The van der Waals surface area contributed by atoms with Gasteiger partial charge in [-0.15, -0.1) is 0 Å². The van der Waals surface area contributed by atoms with E-state index >= 15 is 0 Å². The number of nitrogens with one attached hydrogen (secondary N) is 1. The third-order valence-electron chi connectivity index (χ3n) is 3.51. The first kappa shape index (κ1) is 13.4. The molecular weight excluding hydrogens is 250 g/mol. The highest BCUT2D eigenvalue weighted by atomic mass is 32.2. The summed E-state index contributed by atoms with van der Waals surface area (Å²) in [5, 5.41) is 13.1. The van der Waals surface area contributed by atoms with Gasteiger partial charge in [0.05, 0.1) is 4.90 Å². The Balaban J connectivity index is 2.53. The van der Waals surface area contributed by atoms with E-state index in [4.69, 9.17) is 0 Å². The van der Waals surface area contributed by atoms with E-state index in [1.807, 2.05) is 0 Å². The lowest BCUT2D eigenvalue weighted by molar-refractivity contribution is 0.444. The highest BCUT2D eigenvalue weighted by Gasteiger charge is 2.23. The lowest BCUT2D eigenvalue weighted by atomic mass is 9.89. The Bertz CT molecular complexity index is 546. The van der Waals surface area contributed by atoms with Gasteiger partial charge in [-0.2, -0.15) is 0 Å². The number of aromatic hydroxyl groups is 1. The van der Waals surface area contributed by atoms with Crippen LogP contribution in [0.15, 0.2) is 17.0 Å². The van der Waals surface area contributed by atoms with Crippen LogP contribution in [-0.4, -0.2) is 32.9 Å². The number of sulfone groups is 1. The van der Waals surface area contributed by atoms with Crippen molar-refractivity contribution in [3.05, 3.63) is 23.3 Å². The fraction of sp³-hybridized carbons (Fsp3) is 0.538. The van der Waals surface area contributed by atoms with E-state index in [0.717, 1.165) is 31.5 Å². The van der Waals surface area contributed by atoms with Gasteiger partial charge < -0.3 is 10.4 Å². The molecule has 0 atom stereocenters. The predicted molar refractivity (Wildman–Crippen MR) is 70.8 cm³/mol. The van der Waals surface area contributed by atoms with Crippen LogP contribution < -0.4 is 5.32 Å². The second-order valence-corrected chi connectivity index (χ2v) is 6.96. The predicted octanol–water partition coefficient (Wildman–Crippen LogP) is 1.57. The molecule has 0 radical (unpaired) electrons. The van der Waals surface area contributed by atoms with Crippen LogP contribution in [-0.2, 0) is 9.84 Å². The van der Waals surface area contributed by atoms with Crippen molar-refractivity contribution in [2.75, 3.05) is 19.3 Å². The maximum atomic E-state index is 11.9. The molecule has 1 heterocycles. The Morgan fingerprint density at radius 3 is 2.44 bits per heavy atom. The quantitative estimate of drug-likeness (QED) is 0.855. The fourth-order valence-electron chi connectivity index (χ4n) is 2.46. The summed E-state index contributed by atoms with van der Waals surface area (Å²) in [5.41, 5.74) is 1.37. The number of benzene rings is 1. The van der Waals surface area contributed by atoms with Crippen molar-refractivity contribution in [1.29, 1.82) is 0 Å². The summed E-state index contributed by atoms with van der Waals surface area (Å²) in [5.74, 6) is 0.387. The van der Waals surface area contributed by atoms with Gasteiger partial charge in [-0.3, -0.25) is 0 Å².